The topological polar surface area (TPSA) is 52.9 Å². The molecule has 0 saturated carbocycles. The van der Waals surface area contributed by atoms with Crippen LogP contribution in [0.5, 0.6) is 0 Å². The van der Waals surface area contributed by atoms with Crippen molar-refractivity contribution < 1.29 is 4.39 Å². The van der Waals surface area contributed by atoms with Gasteiger partial charge in [-0.3, -0.25) is 15.0 Å². The number of nitrogens with one attached hydrogen (secondary N) is 1. The standard InChI is InChI=1S/C28H34FN5/c1-7-9-23(14-17-34(6)28(8-2)24-11-10-21(3)25(29)18-24)27(12-15-30-5)33-20-32-26-13-16-31-19-22(26)4/h7,9-19,28H,1,5,8,20H2,2-4,6H3,(H,31,32)/b15-12-,17-14-,23-9+,33-27?. The van der Waals surface area contributed by atoms with Crippen LogP contribution in [0.3, 0.4) is 0 Å². The van der Waals surface area contributed by atoms with Crippen LogP contribution in [0.1, 0.15) is 36.1 Å². The highest BCUT2D eigenvalue weighted by Crippen LogP contribution is 2.25. The molecule has 0 saturated heterocycles. The SMILES string of the molecule is C=C/C=C(\C=C/N(C)C(CC)c1ccc(C)c(F)c1)C(/C=C\N=C)=NCNc1ccncc1C. The van der Waals surface area contributed by atoms with Gasteiger partial charge in [0.2, 0.25) is 0 Å². The fraction of sp³-hybridized carbons (Fsp3) is 0.250. The van der Waals surface area contributed by atoms with Crippen molar-refractivity contribution in [3.8, 4) is 0 Å². The molecule has 1 N–H and O–H groups in total. The molecule has 5 nitrogen and oxygen atoms in total. The molecule has 1 aromatic heterocycles. The molecule has 0 spiro atoms. The monoisotopic (exact) mass is 459 g/mol. The third-order valence-electron chi connectivity index (χ3n) is 5.42. The summed E-state index contributed by atoms with van der Waals surface area (Å²) in [4.78, 5) is 14.7. The minimum Gasteiger partial charge on any atom is -0.373 e. The molecule has 0 aliphatic carbocycles. The van der Waals surface area contributed by atoms with E-state index in [0.717, 1.165) is 34.5 Å². The van der Waals surface area contributed by atoms with Crippen molar-refractivity contribution in [3.63, 3.8) is 0 Å². The van der Waals surface area contributed by atoms with Crippen LogP contribution in [-0.4, -0.2) is 36.0 Å². The highest BCUT2D eigenvalue weighted by atomic mass is 19.1. The summed E-state index contributed by atoms with van der Waals surface area (Å²) in [5.41, 5.74) is 5.19. The first-order valence-electron chi connectivity index (χ1n) is 11.2. The number of aromatic nitrogens is 1. The molecule has 1 unspecified atom stereocenters. The first-order valence-corrected chi connectivity index (χ1v) is 11.2. The molecule has 6 heteroatoms. The summed E-state index contributed by atoms with van der Waals surface area (Å²) in [5, 5.41) is 3.31. The highest BCUT2D eigenvalue weighted by molar-refractivity contribution is 6.10. The van der Waals surface area contributed by atoms with Gasteiger partial charge in [0.15, 0.2) is 0 Å². The van der Waals surface area contributed by atoms with E-state index in [1.54, 1.807) is 43.7 Å². The molecule has 2 rings (SSSR count). The minimum atomic E-state index is -0.186. The Kier molecular flexibility index (Phi) is 10.6. The quantitative estimate of drug-likeness (QED) is 0.288. The summed E-state index contributed by atoms with van der Waals surface area (Å²) in [7, 11) is 1.99. The molecule has 178 valence electrons. The second kappa shape index (κ2) is 13.7. The molecule has 1 heterocycles. The van der Waals surface area contributed by atoms with Gasteiger partial charge in [-0.15, -0.1) is 0 Å². The zero-order valence-corrected chi connectivity index (χ0v) is 20.5. The molecule has 34 heavy (non-hydrogen) atoms. The van der Waals surface area contributed by atoms with Crippen LogP contribution in [0.2, 0.25) is 0 Å². The van der Waals surface area contributed by atoms with Crippen molar-refractivity contribution in [3.05, 3.63) is 108 Å². The number of rotatable bonds is 12. The van der Waals surface area contributed by atoms with Crippen molar-refractivity contribution in [2.75, 3.05) is 19.0 Å². The van der Waals surface area contributed by atoms with Gasteiger partial charge in [-0.25, -0.2) is 4.39 Å². The van der Waals surface area contributed by atoms with E-state index in [1.165, 1.54) is 0 Å². The number of anilines is 1. The number of benzene rings is 1. The van der Waals surface area contributed by atoms with E-state index in [4.69, 9.17) is 4.99 Å². The molecule has 0 radical (unpaired) electrons. The van der Waals surface area contributed by atoms with Crippen LogP contribution in [0.4, 0.5) is 10.1 Å². The summed E-state index contributed by atoms with van der Waals surface area (Å²) >= 11 is 0. The Labute approximate surface area is 202 Å². The van der Waals surface area contributed by atoms with E-state index in [0.29, 0.717) is 12.2 Å². The molecular formula is C28H34FN5. The minimum absolute atomic E-state index is 0.0402. The van der Waals surface area contributed by atoms with E-state index in [1.807, 2.05) is 50.5 Å². The summed E-state index contributed by atoms with van der Waals surface area (Å²) in [5.74, 6) is -0.186. The number of nitrogens with zero attached hydrogens (tertiary/aromatic N) is 4. The van der Waals surface area contributed by atoms with E-state index >= 15 is 0 Å². The third-order valence-corrected chi connectivity index (χ3v) is 5.42. The van der Waals surface area contributed by atoms with Gasteiger partial charge < -0.3 is 10.2 Å². The average Bonchev–Trinajstić information content (AvgIpc) is 2.83. The zero-order chi connectivity index (χ0) is 24.9. The van der Waals surface area contributed by atoms with Crippen molar-refractivity contribution >= 4 is 18.1 Å². The lowest BCUT2D eigenvalue weighted by Crippen LogP contribution is -2.19. The van der Waals surface area contributed by atoms with E-state index < -0.39 is 0 Å². The third kappa shape index (κ3) is 7.66. The van der Waals surface area contributed by atoms with Crippen molar-refractivity contribution in [1.82, 2.24) is 9.88 Å². The van der Waals surface area contributed by atoms with Gasteiger partial charge in [-0.1, -0.05) is 37.8 Å². The Balaban J connectivity index is 2.26. The van der Waals surface area contributed by atoms with Crippen LogP contribution in [0.25, 0.3) is 0 Å². The Bertz CT molecular complexity index is 1100. The second-order valence-electron chi connectivity index (χ2n) is 7.84. The van der Waals surface area contributed by atoms with Gasteiger partial charge in [0.05, 0.1) is 11.8 Å². The second-order valence-corrected chi connectivity index (χ2v) is 7.84. The van der Waals surface area contributed by atoms with E-state index in [-0.39, 0.29) is 11.9 Å². The van der Waals surface area contributed by atoms with Crippen molar-refractivity contribution in [2.24, 2.45) is 9.98 Å². The number of aryl methyl sites for hydroxylation is 2. The molecular weight excluding hydrogens is 425 g/mol. The number of hydrogen-bond donors (Lipinski definition) is 1. The van der Waals surface area contributed by atoms with Crippen molar-refractivity contribution in [2.45, 2.75) is 33.2 Å². The van der Waals surface area contributed by atoms with Gasteiger partial charge in [-0.2, -0.15) is 0 Å². The molecule has 1 atom stereocenters. The van der Waals surface area contributed by atoms with Crippen LogP contribution >= 0.6 is 0 Å². The largest absolute Gasteiger partial charge is 0.373 e. The van der Waals surface area contributed by atoms with Gasteiger partial charge in [0.1, 0.15) is 12.5 Å². The predicted molar refractivity (Wildman–Crippen MR) is 143 cm³/mol. The first-order chi connectivity index (χ1) is 16.4. The van der Waals surface area contributed by atoms with E-state index in [2.05, 4.69) is 40.4 Å². The molecule has 2 aromatic rings. The normalized spacial score (nSPS) is 13.3. The average molecular weight is 460 g/mol. The molecule has 0 bridgehead atoms. The summed E-state index contributed by atoms with van der Waals surface area (Å²) in [6, 6.07) is 7.38. The fourth-order valence-electron chi connectivity index (χ4n) is 3.48. The number of pyridine rings is 1. The lowest BCUT2D eigenvalue weighted by atomic mass is 10.0. The van der Waals surface area contributed by atoms with Gasteiger partial charge in [-0.05, 0) is 74.2 Å². The highest BCUT2D eigenvalue weighted by Gasteiger charge is 2.14. The Morgan fingerprint density at radius 1 is 1.24 bits per heavy atom. The zero-order valence-electron chi connectivity index (χ0n) is 20.5. The lowest BCUT2D eigenvalue weighted by molar-refractivity contribution is 0.327. The molecule has 1 aromatic carbocycles. The summed E-state index contributed by atoms with van der Waals surface area (Å²) in [6.45, 7) is 13.6. The smallest absolute Gasteiger partial charge is 0.126 e. The molecule has 0 aliphatic heterocycles. The first kappa shape index (κ1) is 26.5. The van der Waals surface area contributed by atoms with Crippen LogP contribution < -0.4 is 5.32 Å². The molecule has 0 fully saturated rings. The number of halogens is 1. The number of allylic oxidation sites excluding steroid dienone is 5. The maximum Gasteiger partial charge on any atom is 0.126 e. The Hall–Kier alpha value is -3.80. The van der Waals surface area contributed by atoms with Crippen LogP contribution in [0, 0.1) is 19.7 Å². The number of aliphatic imine (C=N–C) groups is 2. The summed E-state index contributed by atoms with van der Waals surface area (Å²) < 4.78 is 14.1. The van der Waals surface area contributed by atoms with Crippen LogP contribution in [0.15, 0.2) is 95.5 Å². The molecule has 0 aliphatic rings. The lowest BCUT2D eigenvalue weighted by Gasteiger charge is -2.26. The summed E-state index contributed by atoms with van der Waals surface area (Å²) in [6.07, 6.45) is 15.4. The maximum absolute atomic E-state index is 14.1. The van der Waals surface area contributed by atoms with Gasteiger partial charge >= 0.3 is 0 Å². The Morgan fingerprint density at radius 3 is 2.68 bits per heavy atom. The number of hydrogen-bond acceptors (Lipinski definition) is 5. The Morgan fingerprint density at radius 2 is 2.03 bits per heavy atom. The maximum atomic E-state index is 14.1. The van der Waals surface area contributed by atoms with Crippen molar-refractivity contribution in [1.29, 1.82) is 0 Å². The van der Waals surface area contributed by atoms with Crippen LogP contribution in [-0.2, 0) is 0 Å². The fourth-order valence-corrected chi connectivity index (χ4v) is 3.48. The van der Waals surface area contributed by atoms with Gasteiger partial charge in [0.25, 0.3) is 0 Å². The predicted octanol–water partition coefficient (Wildman–Crippen LogP) is 6.57. The van der Waals surface area contributed by atoms with E-state index in [9.17, 15) is 4.39 Å². The van der Waals surface area contributed by atoms with Gasteiger partial charge in [0, 0.05) is 36.9 Å². The molecule has 0 amide bonds.